The van der Waals surface area contributed by atoms with Gasteiger partial charge in [0.25, 0.3) is 0 Å². The SMILES string of the molecule is COC(=O)c1cnc(N(C)Cc2cccc(F)c2)cn1. The first-order valence-corrected chi connectivity index (χ1v) is 5.96. The highest BCUT2D eigenvalue weighted by Gasteiger charge is 2.09. The van der Waals surface area contributed by atoms with Crippen LogP contribution in [-0.4, -0.2) is 30.1 Å². The van der Waals surface area contributed by atoms with E-state index in [0.29, 0.717) is 12.4 Å². The van der Waals surface area contributed by atoms with Crippen molar-refractivity contribution in [3.63, 3.8) is 0 Å². The molecule has 5 nitrogen and oxygen atoms in total. The van der Waals surface area contributed by atoms with Crippen molar-refractivity contribution in [1.82, 2.24) is 9.97 Å². The van der Waals surface area contributed by atoms with Crippen LogP contribution >= 0.6 is 0 Å². The van der Waals surface area contributed by atoms with E-state index in [1.807, 2.05) is 18.0 Å². The maximum absolute atomic E-state index is 13.1. The molecule has 0 bridgehead atoms. The molecule has 1 heterocycles. The number of aromatic nitrogens is 2. The van der Waals surface area contributed by atoms with Gasteiger partial charge in [0.1, 0.15) is 11.6 Å². The molecule has 0 amide bonds. The second-order valence-corrected chi connectivity index (χ2v) is 4.24. The van der Waals surface area contributed by atoms with Crippen molar-refractivity contribution in [3.05, 3.63) is 53.7 Å². The zero-order valence-corrected chi connectivity index (χ0v) is 11.2. The number of hydrogen-bond donors (Lipinski definition) is 0. The molecule has 2 aromatic rings. The molecular formula is C14H14FN3O2. The summed E-state index contributed by atoms with van der Waals surface area (Å²) in [5.41, 5.74) is 0.974. The van der Waals surface area contributed by atoms with E-state index < -0.39 is 5.97 Å². The van der Waals surface area contributed by atoms with Gasteiger partial charge in [-0.2, -0.15) is 0 Å². The minimum Gasteiger partial charge on any atom is -0.464 e. The summed E-state index contributed by atoms with van der Waals surface area (Å²) in [6.07, 6.45) is 2.83. The molecule has 0 radical (unpaired) electrons. The van der Waals surface area contributed by atoms with Gasteiger partial charge in [-0.15, -0.1) is 0 Å². The average molecular weight is 275 g/mol. The Kier molecular flexibility index (Phi) is 4.24. The molecule has 0 aliphatic carbocycles. The van der Waals surface area contributed by atoms with Crippen LogP contribution in [0.1, 0.15) is 16.1 Å². The third-order valence-electron chi connectivity index (χ3n) is 2.73. The number of nitrogens with zero attached hydrogens (tertiary/aromatic N) is 3. The van der Waals surface area contributed by atoms with Crippen LogP contribution < -0.4 is 4.90 Å². The molecule has 0 aliphatic rings. The van der Waals surface area contributed by atoms with Gasteiger partial charge >= 0.3 is 5.97 Å². The van der Waals surface area contributed by atoms with Gasteiger partial charge in [0.15, 0.2) is 5.69 Å². The second kappa shape index (κ2) is 6.10. The number of methoxy groups -OCH3 is 1. The molecular weight excluding hydrogens is 261 g/mol. The van der Waals surface area contributed by atoms with E-state index in [2.05, 4.69) is 14.7 Å². The Morgan fingerprint density at radius 1 is 1.35 bits per heavy atom. The Hall–Kier alpha value is -2.50. The monoisotopic (exact) mass is 275 g/mol. The number of halogens is 1. The zero-order valence-electron chi connectivity index (χ0n) is 11.2. The second-order valence-electron chi connectivity index (χ2n) is 4.24. The first-order valence-electron chi connectivity index (χ1n) is 5.96. The normalized spacial score (nSPS) is 10.2. The van der Waals surface area contributed by atoms with Gasteiger partial charge < -0.3 is 9.64 Å². The molecule has 0 atom stereocenters. The number of carbonyl (C=O) groups excluding carboxylic acids is 1. The fourth-order valence-corrected chi connectivity index (χ4v) is 1.72. The molecule has 0 spiro atoms. The number of ether oxygens (including phenoxy) is 1. The lowest BCUT2D eigenvalue weighted by molar-refractivity contribution is 0.0593. The fourth-order valence-electron chi connectivity index (χ4n) is 1.72. The maximum atomic E-state index is 13.1. The molecule has 1 aromatic heterocycles. The van der Waals surface area contributed by atoms with E-state index in [4.69, 9.17) is 0 Å². The van der Waals surface area contributed by atoms with Crippen molar-refractivity contribution in [2.24, 2.45) is 0 Å². The summed E-state index contributed by atoms with van der Waals surface area (Å²) in [5.74, 6) is -0.221. The van der Waals surface area contributed by atoms with Crippen molar-refractivity contribution in [2.45, 2.75) is 6.54 Å². The van der Waals surface area contributed by atoms with Gasteiger partial charge in [0.2, 0.25) is 0 Å². The number of anilines is 1. The van der Waals surface area contributed by atoms with E-state index >= 15 is 0 Å². The number of rotatable bonds is 4. The van der Waals surface area contributed by atoms with E-state index in [1.165, 1.54) is 31.6 Å². The van der Waals surface area contributed by atoms with Gasteiger partial charge in [0, 0.05) is 13.6 Å². The highest BCUT2D eigenvalue weighted by atomic mass is 19.1. The summed E-state index contributed by atoms with van der Waals surface area (Å²) in [6, 6.07) is 6.35. The number of hydrogen-bond acceptors (Lipinski definition) is 5. The van der Waals surface area contributed by atoms with Crippen molar-refractivity contribution in [3.8, 4) is 0 Å². The predicted octanol–water partition coefficient (Wildman–Crippen LogP) is 2.04. The Labute approximate surface area is 116 Å². The molecule has 2 rings (SSSR count). The number of benzene rings is 1. The third-order valence-corrected chi connectivity index (χ3v) is 2.73. The Bertz CT molecular complexity index is 602. The highest BCUT2D eigenvalue weighted by molar-refractivity contribution is 5.86. The number of esters is 1. The van der Waals surface area contributed by atoms with Crippen molar-refractivity contribution >= 4 is 11.8 Å². The largest absolute Gasteiger partial charge is 0.464 e. The lowest BCUT2D eigenvalue weighted by atomic mass is 10.2. The van der Waals surface area contributed by atoms with E-state index in [0.717, 1.165) is 5.56 Å². The molecule has 6 heteroatoms. The minimum atomic E-state index is -0.531. The standard InChI is InChI=1S/C14H14FN3O2/c1-18(9-10-4-3-5-11(15)6-10)13-8-16-12(7-17-13)14(19)20-2/h3-8H,9H2,1-2H3. The topological polar surface area (TPSA) is 55.3 Å². The van der Waals surface area contributed by atoms with Gasteiger partial charge in [0.05, 0.1) is 19.5 Å². The first kappa shape index (κ1) is 13.9. The Morgan fingerprint density at radius 2 is 2.15 bits per heavy atom. The van der Waals surface area contributed by atoms with Crippen LogP contribution in [0.4, 0.5) is 10.2 Å². The van der Waals surface area contributed by atoms with Crippen LogP contribution in [0.2, 0.25) is 0 Å². The van der Waals surface area contributed by atoms with Crippen LogP contribution in [0, 0.1) is 5.82 Å². The van der Waals surface area contributed by atoms with E-state index in [-0.39, 0.29) is 11.5 Å². The molecule has 20 heavy (non-hydrogen) atoms. The predicted molar refractivity (Wildman–Crippen MR) is 71.9 cm³/mol. The van der Waals surface area contributed by atoms with E-state index in [1.54, 1.807) is 6.07 Å². The van der Waals surface area contributed by atoms with Crippen LogP contribution in [0.3, 0.4) is 0 Å². The fraction of sp³-hybridized carbons (Fsp3) is 0.214. The average Bonchev–Trinajstić information content (AvgIpc) is 2.46. The first-order chi connectivity index (χ1) is 9.60. The van der Waals surface area contributed by atoms with Gasteiger partial charge in [-0.3, -0.25) is 0 Å². The van der Waals surface area contributed by atoms with Crippen molar-refractivity contribution in [1.29, 1.82) is 0 Å². The zero-order chi connectivity index (χ0) is 14.5. The molecule has 0 unspecified atom stereocenters. The maximum Gasteiger partial charge on any atom is 0.358 e. The lowest BCUT2D eigenvalue weighted by Gasteiger charge is -2.17. The van der Waals surface area contributed by atoms with Crippen molar-refractivity contribution in [2.75, 3.05) is 19.1 Å². The molecule has 0 saturated heterocycles. The summed E-state index contributed by atoms with van der Waals surface area (Å²) in [7, 11) is 3.10. The molecule has 0 N–H and O–H groups in total. The van der Waals surface area contributed by atoms with Crippen LogP contribution in [0.15, 0.2) is 36.7 Å². The minimum absolute atomic E-state index is 0.149. The molecule has 1 aromatic carbocycles. The van der Waals surface area contributed by atoms with Gasteiger partial charge in [-0.1, -0.05) is 12.1 Å². The molecule has 0 saturated carbocycles. The quantitative estimate of drug-likeness (QED) is 0.799. The van der Waals surface area contributed by atoms with Crippen LogP contribution in [-0.2, 0) is 11.3 Å². The molecule has 0 fully saturated rings. The summed E-state index contributed by atoms with van der Waals surface area (Å²) in [6.45, 7) is 0.490. The van der Waals surface area contributed by atoms with Gasteiger partial charge in [-0.05, 0) is 17.7 Å². The Balaban J connectivity index is 2.09. The smallest absolute Gasteiger partial charge is 0.358 e. The van der Waals surface area contributed by atoms with Crippen molar-refractivity contribution < 1.29 is 13.9 Å². The van der Waals surface area contributed by atoms with Gasteiger partial charge in [-0.25, -0.2) is 19.2 Å². The molecule has 104 valence electrons. The van der Waals surface area contributed by atoms with Crippen LogP contribution in [0.5, 0.6) is 0 Å². The summed E-state index contributed by atoms with van der Waals surface area (Å²) >= 11 is 0. The summed E-state index contributed by atoms with van der Waals surface area (Å²) in [4.78, 5) is 21.2. The Morgan fingerprint density at radius 3 is 2.75 bits per heavy atom. The summed E-state index contributed by atoms with van der Waals surface area (Å²) < 4.78 is 17.7. The van der Waals surface area contributed by atoms with E-state index in [9.17, 15) is 9.18 Å². The molecule has 0 aliphatic heterocycles. The van der Waals surface area contributed by atoms with Crippen LogP contribution in [0.25, 0.3) is 0 Å². The lowest BCUT2D eigenvalue weighted by Crippen LogP contribution is -2.18. The third kappa shape index (κ3) is 3.28. The number of carbonyl (C=O) groups is 1. The summed E-state index contributed by atoms with van der Waals surface area (Å²) in [5, 5.41) is 0. The highest BCUT2D eigenvalue weighted by Crippen LogP contribution is 2.12.